The van der Waals surface area contributed by atoms with Crippen molar-refractivity contribution in [3.63, 3.8) is 0 Å². The van der Waals surface area contributed by atoms with E-state index in [0.717, 1.165) is 5.56 Å². The molecule has 0 saturated carbocycles. The molecule has 0 aromatic heterocycles. The number of anilines is 1. The molecule has 0 aliphatic rings. The summed E-state index contributed by atoms with van der Waals surface area (Å²) < 4.78 is 5.09. The predicted octanol–water partition coefficient (Wildman–Crippen LogP) is 3.89. The van der Waals surface area contributed by atoms with Crippen LogP contribution in [0.1, 0.15) is 11.1 Å². The second kappa shape index (κ2) is 7.22. The van der Waals surface area contributed by atoms with Gasteiger partial charge >= 0.3 is 0 Å². The quantitative estimate of drug-likeness (QED) is 0.520. The Morgan fingerprint density at radius 1 is 1.27 bits per heavy atom. The van der Waals surface area contributed by atoms with Crippen molar-refractivity contribution in [2.75, 3.05) is 12.8 Å². The smallest absolute Gasteiger partial charge is 0.120 e. The fraction of sp³-hybridized carbons (Fsp3) is 0.0556. The second-order valence-corrected chi connectivity index (χ2v) is 4.84. The van der Waals surface area contributed by atoms with E-state index in [1.54, 1.807) is 43.5 Å². The number of nitrogen functional groups attached to an aromatic ring is 1. The van der Waals surface area contributed by atoms with E-state index in [4.69, 9.17) is 22.1 Å². The number of benzene rings is 2. The maximum atomic E-state index is 9.28. The average Bonchev–Trinajstić information content (AvgIpc) is 2.52. The van der Waals surface area contributed by atoms with Crippen molar-refractivity contribution in [2.24, 2.45) is 0 Å². The number of allylic oxidation sites excluding steroid dienone is 2. The summed E-state index contributed by atoms with van der Waals surface area (Å²) >= 11 is 5.89. The summed E-state index contributed by atoms with van der Waals surface area (Å²) in [5.74, 6) is 6.43. The highest BCUT2D eigenvalue weighted by molar-refractivity contribution is 6.30. The van der Waals surface area contributed by atoms with Gasteiger partial charge in [-0.25, -0.2) is 0 Å². The van der Waals surface area contributed by atoms with Crippen molar-refractivity contribution >= 4 is 22.9 Å². The maximum absolute atomic E-state index is 9.28. The monoisotopic (exact) mass is 308 g/mol. The third-order valence-electron chi connectivity index (χ3n) is 2.93. The van der Waals surface area contributed by atoms with Gasteiger partial charge in [0.25, 0.3) is 0 Å². The lowest BCUT2D eigenvalue weighted by molar-refractivity contribution is 0.415. The molecule has 0 amide bonds. The highest BCUT2D eigenvalue weighted by Crippen LogP contribution is 2.25. The highest BCUT2D eigenvalue weighted by atomic mass is 35.5. The van der Waals surface area contributed by atoms with Crippen LogP contribution >= 0.6 is 11.6 Å². The van der Waals surface area contributed by atoms with Crippen molar-refractivity contribution in [3.05, 3.63) is 64.7 Å². The minimum atomic E-state index is 0.398. The van der Waals surface area contributed by atoms with Gasteiger partial charge in [-0.15, -0.1) is 0 Å². The molecule has 3 nitrogen and oxygen atoms in total. The number of hydrogen-bond acceptors (Lipinski definition) is 3. The highest BCUT2D eigenvalue weighted by Gasteiger charge is 2.05. The van der Waals surface area contributed by atoms with Crippen molar-refractivity contribution in [3.8, 4) is 23.7 Å². The number of halogens is 1. The largest absolute Gasteiger partial charge is 0.497 e. The van der Waals surface area contributed by atoms with Gasteiger partial charge in [0.2, 0.25) is 0 Å². The van der Waals surface area contributed by atoms with Crippen molar-refractivity contribution in [1.82, 2.24) is 0 Å². The Hall–Kier alpha value is -2.88. The summed E-state index contributed by atoms with van der Waals surface area (Å²) in [7, 11) is 1.56. The van der Waals surface area contributed by atoms with Crippen LogP contribution in [0, 0.1) is 23.2 Å². The molecule has 0 unspecified atom stereocenters. The molecule has 4 heteroatoms. The molecular weight excluding hydrogens is 296 g/mol. The van der Waals surface area contributed by atoms with E-state index in [1.165, 1.54) is 0 Å². The third-order valence-corrected chi connectivity index (χ3v) is 3.16. The number of methoxy groups -OCH3 is 1. The molecule has 0 heterocycles. The molecule has 2 rings (SSSR count). The van der Waals surface area contributed by atoms with Crippen molar-refractivity contribution in [2.45, 2.75) is 0 Å². The lowest BCUT2D eigenvalue weighted by Crippen LogP contribution is -1.94. The molecule has 2 aromatic rings. The summed E-state index contributed by atoms with van der Waals surface area (Å²) in [6, 6.07) is 14.5. The van der Waals surface area contributed by atoms with Crippen LogP contribution in [0.2, 0.25) is 5.02 Å². The molecular formula is C18H13ClN2O. The number of hydrogen-bond donors (Lipinski definition) is 1. The molecule has 0 aliphatic carbocycles. The van der Waals surface area contributed by atoms with Crippen LogP contribution in [0.5, 0.6) is 5.75 Å². The van der Waals surface area contributed by atoms with Crippen LogP contribution in [0.15, 0.2) is 48.5 Å². The van der Waals surface area contributed by atoms with Crippen molar-refractivity contribution < 1.29 is 4.74 Å². The topological polar surface area (TPSA) is 59.0 Å². The Morgan fingerprint density at radius 2 is 2.09 bits per heavy atom. The van der Waals surface area contributed by atoms with Gasteiger partial charge in [-0.2, -0.15) is 5.26 Å². The standard InChI is InChI=1S/C18H13ClN2O/c1-22-16-8-9-17(18(21)11-16)14(12-20)6-2-4-13-5-3-7-15(19)10-13/h3,5-11H,21H2,1H3/b14-6+. The first-order chi connectivity index (χ1) is 10.6. The van der Waals surface area contributed by atoms with Crippen LogP contribution in [0.3, 0.4) is 0 Å². The van der Waals surface area contributed by atoms with Crippen molar-refractivity contribution in [1.29, 1.82) is 5.26 Å². The predicted molar refractivity (Wildman–Crippen MR) is 89.3 cm³/mol. The van der Waals surface area contributed by atoms with E-state index in [1.807, 2.05) is 12.1 Å². The van der Waals surface area contributed by atoms with E-state index in [-0.39, 0.29) is 0 Å². The molecule has 22 heavy (non-hydrogen) atoms. The van der Waals surface area contributed by atoms with Crippen LogP contribution < -0.4 is 10.5 Å². The van der Waals surface area contributed by atoms with Gasteiger partial charge in [-0.1, -0.05) is 29.5 Å². The lowest BCUT2D eigenvalue weighted by atomic mass is 10.0. The first-order valence-electron chi connectivity index (χ1n) is 6.45. The van der Waals surface area contributed by atoms with Crippen LogP contribution in [0.4, 0.5) is 5.69 Å². The zero-order chi connectivity index (χ0) is 15.9. The minimum absolute atomic E-state index is 0.398. The summed E-state index contributed by atoms with van der Waals surface area (Å²) in [5.41, 5.74) is 8.22. The van der Waals surface area contributed by atoms with Crippen LogP contribution in [-0.4, -0.2) is 7.11 Å². The SMILES string of the molecule is COc1ccc(/C(C#N)=C/C#Cc2cccc(Cl)c2)c(N)c1. The molecule has 0 spiro atoms. The number of nitrogens with zero attached hydrogens (tertiary/aromatic N) is 1. The van der Waals surface area contributed by atoms with Gasteiger partial charge in [0.1, 0.15) is 11.8 Å². The Morgan fingerprint density at radius 3 is 2.73 bits per heavy atom. The van der Waals surface area contributed by atoms with E-state index in [0.29, 0.717) is 27.6 Å². The Bertz CT molecular complexity index is 823. The first-order valence-corrected chi connectivity index (χ1v) is 6.83. The van der Waals surface area contributed by atoms with Gasteiger partial charge in [-0.3, -0.25) is 0 Å². The molecule has 0 aliphatic heterocycles. The Balaban J connectivity index is 2.32. The summed E-state index contributed by atoms with van der Waals surface area (Å²) in [5, 5.41) is 9.90. The van der Waals surface area contributed by atoms with E-state index in [9.17, 15) is 5.26 Å². The van der Waals surface area contributed by atoms with Crippen LogP contribution in [-0.2, 0) is 0 Å². The number of rotatable bonds is 2. The lowest BCUT2D eigenvalue weighted by Gasteiger charge is -2.05. The van der Waals surface area contributed by atoms with Gasteiger partial charge in [0, 0.05) is 34.0 Å². The molecule has 2 N–H and O–H groups in total. The molecule has 0 bridgehead atoms. The number of nitrogens with two attached hydrogens (primary N) is 1. The summed E-state index contributed by atoms with van der Waals surface area (Å²) in [6.07, 6.45) is 1.54. The fourth-order valence-electron chi connectivity index (χ4n) is 1.84. The second-order valence-electron chi connectivity index (χ2n) is 4.40. The van der Waals surface area contributed by atoms with Gasteiger partial charge < -0.3 is 10.5 Å². The first kappa shape index (κ1) is 15.5. The van der Waals surface area contributed by atoms with E-state index < -0.39 is 0 Å². The molecule has 0 fully saturated rings. The summed E-state index contributed by atoms with van der Waals surface area (Å²) in [4.78, 5) is 0. The molecule has 2 aromatic carbocycles. The average molecular weight is 309 g/mol. The minimum Gasteiger partial charge on any atom is -0.497 e. The van der Waals surface area contributed by atoms with Crippen LogP contribution in [0.25, 0.3) is 5.57 Å². The molecule has 108 valence electrons. The maximum Gasteiger partial charge on any atom is 0.120 e. The molecule has 0 radical (unpaired) electrons. The van der Waals surface area contributed by atoms with E-state index >= 15 is 0 Å². The molecule has 0 saturated heterocycles. The van der Waals surface area contributed by atoms with Gasteiger partial charge in [0.05, 0.1) is 12.7 Å². The van der Waals surface area contributed by atoms with E-state index in [2.05, 4.69) is 17.9 Å². The Kier molecular flexibility index (Phi) is 5.09. The van der Waals surface area contributed by atoms with Gasteiger partial charge in [0.15, 0.2) is 0 Å². The summed E-state index contributed by atoms with van der Waals surface area (Å²) in [6.45, 7) is 0. The third kappa shape index (κ3) is 3.82. The Labute approximate surface area is 134 Å². The zero-order valence-corrected chi connectivity index (χ0v) is 12.7. The fourth-order valence-corrected chi connectivity index (χ4v) is 2.03. The molecule has 0 atom stereocenters. The zero-order valence-electron chi connectivity index (χ0n) is 11.9. The normalized spacial score (nSPS) is 10.3. The number of ether oxygens (including phenoxy) is 1. The van der Waals surface area contributed by atoms with Gasteiger partial charge in [-0.05, 0) is 30.3 Å². The number of nitriles is 1.